The molecule has 2 aromatic heterocycles. The van der Waals surface area contributed by atoms with Gasteiger partial charge in [-0.3, -0.25) is 19.0 Å². The van der Waals surface area contributed by atoms with Crippen LogP contribution in [0.1, 0.15) is 51.4 Å². The molecular formula is C50H62N8O3. The van der Waals surface area contributed by atoms with E-state index in [0.29, 0.717) is 13.1 Å². The summed E-state index contributed by atoms with van der Waals surface area (Å²) in [5.41, 5.74) is 8.36. The van der Waals surface area contributed by atoms with Crippen molar-refractivity contribution in [2.45, 2.75) is 64.5 Å². The summed E-state index contributed by atoms with van der Waals surface area (Å²) < 4.78 is 3.63. The molecule has 11 heteroatoms. The molecule has 320 valence electrons. The van der Waals surface area contributed by atoms with E-state index in [0.717, 1.165) is 70.7 Å². The summed E-state index contributed by atoms with van der Waals surface area (Å²) in [5.74, 6) is 0.0158. The lowest BCUT2D eigenvalue weighted by molar-refractivity contribution is -0.122. The third kappa shape index (κ3) is 13.1. The average Bonchev–Trinajstić information content (AvgIpc) is 3.93. The number of carbonyl (C=O) groups is 2. The zero-order chi connectivity index (χ0) is 41.2. The monoisotopic (exact) mass is 822 g/mol. The van der Waals surface area contributed by atoms with Gasteiger partial charge in [0.25, 0.3) is 0 Å². The molecule has 0 aliphatic carbocycles. The lowest BCUT2D eigenvalue weighted by atomic mass is 10.0. The van der Waals surface area contributed by atoms with E-state index < -0.39 is 0 Å². The van der Waals surface area contributed by atoms with Gasteiger partial charge >= 0.3 is 0 Å². The Hall–Kier alpha value is -5.88. The summed E-state index contributed by atoms with van der Waals surface area (Å²) in [6.07, 6.45) is 13.6. The normalized spacial score (nSPS) is 14.3. The van der Waals surface area contributed by atoms with E-state index in [-0.39, 0.29) is 30.4 Å². The lowest BCUT2D eigenvalue weighted by Gasteiger charge is -2.26. The van der Waals surface area contributed by atoms with Gasteiger partial charge in [-0.25, -0.2) is 0 Å². The minimum absolute atomic E-state index is 0. The maximum absolute atomic E-state index is 12.6. The fourth-order valence-corrected chi connectivity index (χ4v) is 8.28. The molecule has 61 heavy (non-hydrogen) atoms. The number of rotatable bonds is 16. The Balaban J connectivity index is 0.000000201. The molecule has 4 aromatic carbocycles. The van der Waals surface area contributed by atoms with E-state index in [1.807, 2.05) is 94.6 Å². The topological polar surface area (TPSA) is 132 Å². The van der Waals surface area contributed by atoms with Crippen molar-refractivity contribution < 1.29 is 15.1 Å². The highest BCUT2D eigenvalue weighted by atomic mass is 16.2. The van der Waals surface area contributed by atoms with Gasteiger partial charge < -0.3 is 25.9 Å². The zero-order valence-corrected chi connectivity index (χ0v) is 35.4. The second kappa shape index (κ2) is 23.8. The Labute approximate surface area is 361 Å². The predicted octanol–water partition coefficient (Wildman–Crippen LogP) is 7.59. The molecule has 0 bridgehead atoms. The quantitative estimate of drug-likeness (QED) is 0.0968. The van der Waals surface area contributed by atoms with Crippen molar-refractivity contribution in [1.82, 2.24) is 40.0 Å². The number of nitrogens with zero attached hydrogens (tertiary/aromatic N) is 6. The SMILES string of the molecule is O.O=C(Cn1ncc(-c2ccccc2)c1-c1ccccc1)NCCCN1CCCCC1.O=C(Cn1ncc(-c2ccccc2)c1-c1ccccc1)NCCCN1CCCCC1. The molecule has 4 N–H and O–H groups in total. The Morgan fingerprint density at radius 1 is 0.459 bits per heavy atom. The minimum Gasteiger partial charge on any atom is -0.412 e. The van der Waals surface area contributed by atoms with E-state index >= 15 is 0 Å². The molecule has 4 heterocycles. The van der Waals surface area contributed by atoms with Crippen molar-refractivity contribution >= 4 is 11.8 Å². The minimum atomic E-state index is 0. The first-order chi connectivity index (χ1) is 29.6. The molecular weight excluding hydrogens is 761 g/mol. The molecule has 0 saturated carbocycles. The third-order valence-electron chi connectivity index (χ3n) is 11.4. The third-order valence-corrected chi connectivity index (χ3v) is 11.4. The molecule has 6 aromatic rings. The van der Waals surface area contributed by atoms with Crippen molar-refractivity contribution in [3.05, 3.63) is 134 Å². The molecule has 2 saturated heterocycles. The number of hydrogen-bond donors (Lipinski definition) is 2. The summed E-state index contributed by atoms with van der Waals surface area (Å²) in [4.78, 5) is 30.2. The van der Waals surface area contributed by atoms with Gasteiger partial charge in [0.05, 0.1) is 23.8 Å². The van der Waals surface area contributed by atoms with Crippen molar-refractivity contribution in [2.24, 2.45) is 0 Å². The maximum atomic E-state index is 12.6. The standard InChI is InChI=1S/2C25H30N4O.H2O/c2*30-24(26-15-10-18-28-16-8-3-9-17-28)20-29-25(22-13-6-2-7-14-22)23(19-27-29)21-11-4-1-5-12-21;/h2*1-2,4-7,11-14,19H,3,8-10,15-18,20H2,(H,26,30);1H2. The van der Waals surface area contributed by atoms with Crippen LogP contribution in [0.15, 0.2) is 134 Å². The number of carbonyl (C=O) groups excluding carboxylic acids is 2. The van der Waals surface area contributed by atoms with E-state index in [1.165, 1.54) is 64.7 Å². The van der Waals surface area contributed by atoms with E-state index in [2.05, 4.69) is 79.2 Å². The molecule has 2 fully saturated rings. The molecule has 2 aliphatic rings. The molecule has 0 atom stereocenters. The summed E-state index contributed by atoms with van der Waals surface area (Å²) in [6.45, 7) is 8.79. The van der Waals surface area contributed by atoms with E-state index in [4.69, 9.17) is 0 Å². The zero-order valence-electron chi connectivity index (χ0n) is 35.4. The Morgan fingerprint density at radius 2 is 0.787 bits per heavy atom. The number of benzene rings is 4. The van der Waals surface area contributed by atoms with Crippen LogP contribution in [-0.4, -0.2) is 99.0 Å². The molecule has 8 rings (SSSR count). The molecule has 2 amide bonds. The highest BCUT2D eigenvalue weighted by molar-refractivity contribution is 5.84. The largest absolute Gasteiger partial charge is 0.412 e. The Morgan fingerprint density at radius 3 is 1.13 bits per heavy atom. The van der Waals surface area contributed by atoms with Gasteiger partial charge in [-0.2, -0.15) is 10.2 Å². The van der Waals surface area contributed by atoms with Crippen LogP contribution in [0.5, 0.6) is 0 Å². The van der Waals surface area contributed by atoms with Crippen LogP contribution in [-0.2, 0) is 22.7 Å². The molecule has 0 spiro atoms. The number of likely N-dealkylation sites (tertiary alicyclic amines) is 2. The number of hydrogen-bond acceptors (Lipinski definition) is 6. The lowest BCUT2D eigenvalue weighted by Crippen LogP contribution is -2.34. The molecule has 2 aliphatic heterocycles. The number of aromatic nitrogens is 4. The maximum Gasteiger partial charge on any atom is 0.241 e. The van der Waals surface area contributed by atoms with Crippen LogP contribution in [0.2, 0.25) is 0 Å². The van der Waals surface area contributed by atoms with Crippen LogP contribution in [0.25, 0.3) is 44.8 Å². The highest BCUT2D eigenvalue weighted by Gasteiger charge is 2.19. The first-order valence-corrected chi connectivity index (χ1v) is 21.9. The van der Waals surface area contributed by atoms with Gasteiger partial charge in [0.1, 0.15) is 13.1 Å². The van der Waals surface area contributed by atoms with Gasteiger partial charge in [-0.15, -0.1) is 0 Å². The number of nitrogens with one attached hydrogen (secondary N) is 2. The molecule has 0 unspecified atom stereocenters. The summed E-state index contributed by atoms with van der Waals surface area (Å²) in [6, 6.07) is 40.8. The van der Waals surface area contributed by atoms with Gasteiger partial charge in [0, 0.05) is 35.3 Å². The van der Waals surface area contributed by atoms with Gasteiger partial charge in [-0.1, -0.05) is 134 Å². The number of piperidine rings is 2. The fraction of sp³-hybridized carbons (Fsp3) is 0.360. The van der Waals surface area contributed by atoms with Crippen molar-refractivity contribution in [1.29, 1.82) is 0 Å². The average molecular weight is 823 g/mol. The van der Waals surface area contributed by atoms with E-state index in [9.17, 15) is 9.59 Å². The number of amides is 2. The van der Waals surface area contributed by atoms with Crippen molar-refractivity contribution in [3.63, 3.8) is 0 Å². The summed E-state index contributed by atoms with van der Waals surface area (Å²) >= 11 is 0. The highest BCUT2D eigenvalue weighted by Crippen LogP contribution is 2.33. The van der Waals surface area contributed by atoms with Crippen LogP contribution >= 0.6 is 0 Å². The van der Waals surface area contributed by atoms with Crippen LogP contribution in [0.3, 0.4) is 0 Å². The van der Waals surface area contributed by atoms with E-state index in [1.54, 1.807) is 0 Å². The predicted molar refractivity (Wildman–Crippen MR) is 246 cm³/mol. The van der Waals surface area contributed by atoms with Gasteiger partial charge in [0.2, 0.25) is 11.8 Å². The second-order valence-corrected chi connectivity index (χ2v) is 15.8. The van der Waals surface area contributed by atoms with Crippen LogP contribution in [0, 0.1) is 0 Å². The first kappa shape index (κ1) is 44.7. The second-order valence-electron chi connectivity index (χ2n) is 15.8. The van der Waals surface area contributed by atoms with Crippen LogP contribution < -0.4 is 10.6 Å². The molecule has 11 nitrogen and oxygen atoms in total. The van der Waals surface area contributed by atoms with Crippen molar-refractivity contribution in [3.8, 4) is 44.8 Å². The van der Waals surface area contributed by atoms with Crippen LogP contribution in [0.4, 0.5) is 0 Å². The Kier molecular flexibility index (Phi) is 17.4. The Bertz CT molecular complexity index is 2020. The van der Waals surface area contributed by atoms with Gasteiger partial charge in [0.15, 0.2) is 0 Å². The smallest absolute Gasteiger partial charge is 0.241 e. The summed E-state index contributed by atoms with van der Waals surface area (Å²) in [5, 5.41) is 15.3. The summed E-state index contributed by atoms with van der Waals surface area (Å²) in [7, 11) is 0. The molecule has 0 radical (unpaired) electrons. The fourth-order valence-electron chi connectivity index (χ4n) is 8.28. The first-order valence-electron chi connectivity index (χ1n) is 21.9. The van der Waals surface area contributed by atoms with Gasteiger partial charge in [-0.05, 0) is 88.9 Å². The van der Waals surface area contributed by atoms with Crippen molar-refractivity contribution in [2.75, 3.05) is 52.4 Å².